The van der Waals surface area contributed by atoms with E-state index in [0.29, 0.717) is 30.0 Å². The Bertz CT molecular complexity index is 1220. The number of carbonyl (C=O) groups excluding carboxylic acids is 1. The maximum absolute atomic E-state index is 12.6. The lowest BCUT2D eigenvalue weighted by molar-refractivity contribution is -0.140. The predicted molar refractivity (Wildman–Crippen MR) is 128 cm³/mol. The highest BCUT2D eigenvalue weighted by Gasteiger charge is 2.51. The molecule has 3 aromatic rings. The minimum atomic E-state index is -0.752. The number of rotatable bonds is 6. The summed E-state index contributed by atoms with van der Waals surface area (Å²) in [4.78, 5) is 24.1. The van der Waals surface area contributed by atoms with Gasteiger partial charge in [-0.1, -0.05) is 53.7 Å². The fraction of sp³-hybridized carbons (Fsp3) is 0.370. The molecule has 0 aliphatic heterocycles. The second-order valence-corrected chi connectivity index (χ2v) is 9.68. The van der Waals surface area contributed by atoms with Crippen molar-refractivity contribution in [1.82, 2.24) is 5.16 Å². The Morgan fingerprint density at radius 2 is 1.50 bits per heavy atom. The smallest absolute Gasteiger partial charge is 0.412 e. The molecular weight excluding hydrogens is 432 g/mol. The fourth-order valence-corrected chi connectivity index (χ4v) is 4.85. The van der Waals surface area contributed by atoms with Crippen molar-refractivity contribution in [2.24, 2.45) is 0 Å². The molecule has 2 aromatic carbocycles. The summed E-state index contributed by atoms with van der Waals surface area (Å²) in [7, 11) is 0. The summed E-state index contributed by atoms with van der Waals surface area (Å²) in [6.07, 6.45) is 4.76. The van der Waals surface area contributed by atoms with Gasteiger partial charge in [-0.05, 0) is 69.1 Å². The van der Waals surface area contributed by atoms with Crippen LogP contribution in [0.1, 0.15) is 56.8 Å². The van der Waals surface area contributed by atoms with Crippen molar-refractivity contribution < 1.29 is 24.0 Å². The molecule has 176 valence electrons. The van der Waals surface area contributed by atoms with Crippen LogP contribution in [0.3, 0.4) is 0 Å². The van der Waals surface area contributed by atoms with E-state index in [1.54, 1.807) is 6.92 Å². The first-order valence-electron chi connectivity index (χ1n) is 11.7. The van der Waals surface area contributed by atoms with Crippen molar-refractivity contribution in [2.75, 3.05) is 5.32 Å². The first-order valence-corrected chi connectivity index (χ1v) is 11.7. The van der Waals surface area contributed by atoms with E-state index >= 15 is 0 Å². The first kappa shape index (κ1) is 22.2. The number of aliphatic carboxylic acids is 1. The Balaban J connectivity index is 1.32. The van der Waals surface area contributed by atoms with E-state index in [4.69, 9.17) is 9.26 Å². The summed E-state index contributed by atoms with van der Waals surface area (Å²) < 4.78 is 11.1. The van der Waals surface area contributed by atoms with Crippen molar-refractivity contribution in [3.05, 3.63) is 59.9 Å². The summed E-state index contributed by atoms with van der Waals surface area (Å²) in [5.41, 5.74) is 3.59. The van der Waals surface area contributed by atoms with Gasteiger partial charge in [-0.2, -0.15) is 0 Å². The summed E-state index contributed by atoms with van der Waals surface area (Å²) >= 11 is 0. The summed E-state index contributed by atoms with van der Waals surface area (Å²) in [6.45, 7) is 3.72. The zero-order valence-corrected chi connectivity index (χ0v) is 19.4. The third-order valence-corrected chi connectivity index (χ3v) is 7.18. The molecule has 2 aliphatic carbocycles. The molecule has 7 heteroatoms. The second-order valence-electron chi connectivity index (χ2n) is 9.68. The van der Waals surface area contributed by atoms with Crippen molar-refractivity contribution >= 4 is 17.7 Å². The Morgan fingerprint density at radius 1 is 0.941 bits per heavy atom. The third kappa shape index (κ3) is 4.06. The van der Waals surface area contributed by atoms with Crippen LogP contribution in [0.5, 0.6) is 0 Å². The van der Waals surface area contributed by atoms with Gasteiger partial charge >= 0.3 is 12.1 Å². The average Bonchev–Trinajstić information content (AvgIpc) is 3.43. The van der Waals surface area contributed by atoms with Crippen molar-refractivity contribution in [1.29, 1.82) is 0 Å². The number of anilines is 1. The number of carboxylic acids is 1. The van der Waals surface area contributed by atoms with Crippen LogP contribution in [-0.2, 0) is 14.9 Å². The Morgan fingerprint density at radius 3 is 2.06 bits per heavy atom. The molecule has 0 radical (unpaired) electrons. The minimum Gasteiger partial charge on any atom is -0.481 e. The van der Waals surface area contributed by atoms with Crippen LogP contribution in [-0.4, -0.2) is 27.9 Å². The molecule has 34 heavy (non-hydrogen) atoms. The molecule has 0 unspecified atom stereocenters. The van der Waals surface area contributed by atoms with Crippen LogP contribution in [0.25, 0.3) is 22.4 Å². The van der Waals surface area contributed by atoms with E-state index in [0.717, 1.165) is 47.9 Å². The van der Waals surface area contributed by atoms with Crippen LogP contribution < -0.4 is 5.32 Å². The zero-order chi connectivity index (χ0) is 23.9. The van der Waals surface area contributed by atoms with Crippen LogP contribution in [0.15, 0.2) is 53.1 Å². The highest BCUT2D eigenvalue weighted by Crippen LogP contribution is 2.48. The molecule has 1 amide bonds. The molecule has 0 bridgehead atoms. The van der Waals surface area contributed by atoms with Crippen LogP contribution in [0.4, 0.5) is 10.5 Å². The number of carbonyl (C=O) groups is 2. The molecular formula is C27H28N2O5. The van der Waals surface area contributed by atoms with Crippen molar-refractivity contribution in [3.63, 3.8) is 0 Å². The molecule has 0 saturated heterocycles. The number of benzene rings is 2. The topological polar surface area (TPSA) is 102 Å². The number of hydrogen-bond acceptors (Lipinski definition) is 5. The number of nitrogens with zero attached hydrogens (tertiary/aromatic N) is 1. The van der Waals surface area contributed by atoms with E-state index in [-0.39, 0.29) is 0 Å². The molecule has 0 spiro atoms. The number of amides is 1. The lowest BCUT2D eigenvalue weighted by atomic mass is 9.93. The summed E-state index contributed by atoms with van der Waals surface area (Å²) in [5, 5.41) is 16.5. The van der Waals surface area contributed by atoms with Gasteiger partial charge in [-0.15, -0.1) is 0 Å². The van der Waals surface area contributed by atoms with E-state index in [9.17, 15) is 14.7 Å². The molecule has 1 heterocycles. The standard InChI is InChI=1S/C27H28N2O5/c1-17-22(28-25(32)33-26(2)13-3-4-14-26)23(29-34-17)20-7-5-18(6-8-20)19-9-11-21(12-10-19)27(15-16-27)24(30)31/h5-12H,3-4,13-16H2,1-2H3,(H,28,32)(H,30,31). The Kier molecular flexibility index (Phi) is 5.42. The van der Waals surface area contributed by atoms with Gasteiger partial charge in [0.25, 0.3) is 0 Å². The lowest BCUT2D eigenvalue weighted by Gasteiger charge is -2.24. The highest BCUT2D eigenvalue weighted by atomic mass is 16.6. The molecule has 2 saturated carbocycles. The second kappa shape index (κ2) is 8.31. The maximum Gasteiger partial charge on any atom is 0.412 e. The summed E-state index contributed by atoms with van der Waals surface area (Å²) in [5.74, 6) is -0.242. The predicted octanol–water partition coefficient (Wildman–Crippen LogP) is 6.31. The molecule has 2 aliphatic rings. The Labute approximate surface area is 198 Å². The monoisotopic (exact) mass is 460 g/mol. The number of carboxylic acid groups (broad SMARTS) is 1. The van der Waals surface area contributed by atoms with Gasteiger partial charge in [0.05, 0.1) is 5.41 Å². The molecule has 2 N–H and O–H groups in total. The highest BCUT2D eigenvalue weighted by molar-refractivity contribution is 5.91. The van der Waals surface area contributed by atoms with E-state index in [2.05, 4.69) is 10.5 Å². The third-order valence-electron chi connectivity index (χ3n) is 7.18. The quantitative estimate of drug-likeness (QED) is 0.447. The fourth-order valence-electron chi connectivity index (χ4n) is 4.85. The first-order chi connectivity index (χ1) is 16.3. The number of nitrogens with one attached hydrogen (secondary N) is 1. The molecule has 7 nitrogen and oxygen atoms in total. The Hall–Kier alpha value is -3.61. The van der Waals surface area contributed by atoms with Crippen molar-refractivity contribution in [3.8, 4) is 22.4 Å². The van der Waals surface area contributed by atoms with Crippen LogP contribution in [0.2, 0.25) is 0 Å². The lowest BCUT2D eigenvalue weighted by Crippen LogP contribution is -2.30. The SMILES string of the molecule is Cc1onc(-c2ccc(-c3ccc(C4(C(=O)O)CC4)cc3)cc2)c1NC(=O)OC1(C)CCCC1. The molecule has 1 aromatic heterocycles. The van der Waals surface area contributed by atoms with E-state index < -0.39 is 23.1 Å². The maximum atomic E-state index is 12.6. The molecule has 2 fully saturated rings. The van der Waals surface area contributed by atoms with Gasteiger partial charge < -0.3 is 14.4 Å². The van der Waals surface area contributed by atoms with Crippen molar-refractivity contribution in [2.45, 2.75) is 63.4 Å². The normalized spacial score (nSPS) is 17.8. The van der Waals surface area contributed by atoms with Crippen LogP contribution >= 0.6 is 0 Å². The van der Waals surface area contributed by atoms with Gasteiger partial charge in [0, 0.05) is 5.56 Å². The molecule has 5 rings (SSSR count). The van der Waals surface area contributed by atoms with Gasteiger partial charge in [-0.25, -0.2) is 4.79 Å². The summed E-state index contributed by atoms with van der Waals surface area (Å²) in [6, 6.07) is 15.5. The number of aryl methyl sites for hydroxylation is 1. The largest absolute Gasteiger partial charge is 0.481 e. The number of ether oxygens (including phenoxy) is 1. The molecule has 0 atom stereocenters. The van der Waals surface area contributed by atoms with Gasteiger partial charge in [0.15, 0.2) is 5.76 Å². The van der Waals surface area contributed by atoms with Crippen LogP contribution in [0, 0.1) is 6.92 Å². The van der Waals surface area contributed by atoms with Gasteiger partial charge in [-0.3, -0.25) is 10.1 Å². The number of aromatic nitrogens is 1. The van der Waals surface area contributed by atoms with E-state index in [1.165, 1.54) is 0 Å². The van der Waals surface area contributed by atoms with Gasteiger partial charge in [0.2, 0.25) is 0 Å². The van der Waals surface area contributed by atoms with E-state index in [1.807, 2.05) is 55.5 Å². The number of hydrogen-bond donors (Lipinski definition) is 2. The van der Waals surface area contributed by atoms with Gasteiger partial charge in [0.1, 0.15) is 17.0 Å². The zero-order valence-electron chi connectivity index (χ0n) is 19.4. The average molecular weight is 461 g/mol. The minimum absolute atomic E-state index is 0.421.